The minimum atomic E-state index is -4.25. The highest BCUT2D eigenvalue weighted by Gasteiger charge is 2.47. The number of nitrogens with zero attached hydrogens (tertiary/aromatic N) is 4. The van der Waals surface area contributed by atoms with Crippen LogP contribution in [0, 0.1) is 17.2 Å². The summed E-state index contributed by atoms with van der Waals surface area (Å²) in [4.78, 5) is 34.9. The van der Waals surface area contributed by atoms with Gasteiger partial charge in [-0.2, -0.15) is 15.3 Å². The Kier molecular flexibility index (Phi) is 8.34. The SMILES string of the molecule is CC(C)OC(=O)[C@H](C)N[P@@](=O)(OC[C@H]1O[C@@H](n2cnc3c(=O)[nH]c(N)nc32)[C@H](C#N)[C@@H]1O)Oc1ccccc1. The van der Waals surface area contributed by atoms with Gasteiger partial charge in [0.2, 0.25) is 5.95 Å². The molecule has 0 radical (unpaired) electrons. The largest absolute Gasteiger partial charge is 0.462 e. The number of benzene rings is 1. The number of para-hydroxylation sites is 1. The van der Waals surface area contributed by atoms with E-state index in [4.69, 9.17) is 24.3 Å². The average Bonchev–Trinajstić information content (AvgIpc) is 3.43. The van der Waals surface area contributed by atoms with E-state index in [0.717, 1.165) is 0 Å². The molecule has 1 aromatic carbocycles. The topological polar surface area (TPSA) is 217 Å². The number of carbonyl (C=O) groups is 1. The van der Waals surface area contributed by atoms with Crippen molar-refractivity contribution in [3.8, 4) is 11.8 Å². The molecule has 39 heavy (non-hydrogen) atoms. The number of aliphatic hydroxyl groups is 1. The Morgan fingerprint density at radius 1 is 1.36 bits per heavy atom. The van der Waals surface area contributed by atoms with Crippen LogP contribution in [-0.4, -0.2) is 61.6 Å². The number of hydrogen-bond donors (Lipinski definition) is 4. The molecule has 0 saturated carbocycles. The van der Waals surface area contributed by atoms with Crippen LogP contribution >= 0.6 is 7.75 Å². The van der Waals surface area contributed by atoms with Crippen LogP contribution < -0.4 is 20.9 Å². The van der Waals surface area contributed by atoms with Crippen LogP contribution in [0.15, 0.2) is 41.5 Å². The number of nitrogen functional groups attached to an aromatic ring is 1. The van der Waals surface area contributed by atoms with Gasteiger partial charge in [-0.05, 0) is 32.9 Å². The summed E-state index contributed by atoms with van der Waals surface area (Å²) in [6.45, 7) is 4.28. The molecule has 1 aliphatic rings. The van der Waals surface area contributed by atoms with Gasteiger partial charge in [-0.25, -0.2) is 9.55 Å². The number of aromatic nitrogens is 4. The van der Waals surface area contributed by atoms with Crippen LogP contribution in [0.5, 0.6) is 5.75 Å². The van der Waals surface area contributed by atoms with Gasteiger partial charge in [0.15, 0.2) is 17.4 Å². The van der Waals surface area contributed by atoms with E-state index in [9.17, 15) is 24.5 Å². The molecule has 0 spiro atoms. The van der Waals surface area contributed by atoms with Crippen LogP contribution in [0.2, 0.25) is 0 Å². The zero-order valence-corrected chi connectivity index (χ0v) is 22.1. The van der Waals surface area contributed by atoms with E-state index in [2.05, 4.69) is 20.0 Å². The van der Waals surface area contributed by atoms with E-state index < -0.39 is 62.4 Å². The number of aliphatic hydroxyl groups excluding tert-OH is 1. The summed E-state index contributed by atoms with van der Waals surface area (Å²) in [6.07, 6.45) is -2.85. The predicted octanol–water partition coefficient (Wildman–Crippen LogP) is 1.23. The smallest absolute Gasteiger partial charge is 0.459 e. The number of nitrogens with one attached hydrogen (secondary N) is 2. The molecule has 1 fully saturated rings. The zero-order chi connectivity index (χ0) is 28.3. The third-order valence-electron chi connectivity index (χ3n) is 5.68. The van der Waals surface area contributed by atoms with Gasteiger partial charge in [0.25, 0.3) is 5.56 Å². The number of nitrogens with two attached hydrogens (primary N) is 1. The summed E-state index contributed by atoms with van der Waals surface area (Å²) < 4.78 is 37.3. The van der Waals surface area contributed by atoms with Gasteiger partial charge < -0.3 is 24.8 Å². The van der Waals surface area contributed by atoms with Gasteiger partial charge in [-0.15, -0.1) is 0 Å². The molecule has 16 heteroatoms. The van der Waals surface area contributed by atoms with Crippen molar-refractivity contribution < 1.29 is 33.0 Å². The van der Waals surface area contributed by atoms with Crippen molar-refractivity contribution in [3.05, 3.63) is 47.0 Å². The van der Waals surface area contributed by atoms with Crippen molar-refractivity contribution in [2.75, 3.05) is 12.3 Å². The second kappa shape index (κ2) is 11.5. The lowest BCUT2D eigenvalue weighted by molar-refractivity contribution is -0.149. The molecule has 208 valence electrons. The van der Waals surface area contributed by atoms with Gasteiger partial charge in [-0.3, -0.25) is 23.7 Å². The second-order valence-corrected chi connectivity index (χ2v) is 10.7. The molecular formula is C23H28N7O8P. The lowest BCUT2D eigenvalue weighted by Crippen LogP contribution is -2.37. The van der Waals surface area contributed by atoms with Crippen molar-refractivity contribution in [2.45, 2.75) is 51.4 Å². The Morgan fingerprint density at radius 2 is 2.08 bits per heavy atom. The maximum atomic E-state index is 13.7. The number of fused-ring (bicyclic) bond motifs is 1. The van der Waals surface area contributed by atoms with Crippen molar-refractivity contribution in [2.24, 2.45) is 5.92 Å². The summed E-state index contributed by atoms with van der Waals surface area (Å²) in [5, 5.41) is 23.2. The zero-order valence-electron chi connectivity index (χ0n) is 21.3. The maximum absolute atomic E-state index is 13.7. The number of aromatic amines is 1. The summed E-state index contributed by atoms with van der Waals surface area (Å²) in [7, 11) is -4.25. The summed E-state index contributed by atoms with van der Waals surface area (Å²) in [5.74, 6) is -1.80. The molecule has 3 heterocycles. The molecule has 0 unspecified atom stereocenters. The first kappa shape index (κ1) is 28.2. The Bertz CT molecular complexity index is 1470. The normalized spacial score (nSPS) is 23.3. The van der Waals surface area contributed by atoms with E-state index >= 15 is 0 Å². The molecule has 5 N–H and O–H groups in total. The van der Waals surface area contributed by atoms with E-state index in [1.165, 1.54) is 17.8 Å². The number of carbonyl (C=O) groups excluding carboxylic acids is 1. The Morgan fingerprint density at radius 3 is 2.74 bits per heavy atom. The summed E-state index contributed by atoms with van der Waals surface area (Å²) in [5.41, 5.74) is 5.08. The highest BCUT2D eigenvalue weighted by molar-refractivity contribution is 7.52. The van der Waals surface area contributed by atoms with Crippen molar-refractivity contribution in [1.29, 1.82) is 5.26 Å². The first-order chi connectivity index (χ1) is 18.5. The van der Waals surface area contributed by atoms with Crippen LogP contribution in [0.4, 0.5) is 5.95 Å². The van der Waals surface area contributed by atoms with Gasteiger partial charge in [0, 0.05) is 0 Å². The van der Waals surface area contributed by atoms with Gasteiger partial charge in [0.05, 0.1) is 25.1 Å². The lowest BCUT2D eigenvalue weighted by Gasteiger charge is -2.25. The monoisotopic (exact) mass is 561 g/mol. The Hall–Kier alpha value is -3.80. The average molecular weight is 561 g/mol. The van der Waals surface area contributed by atoms with E-state index in [0.29, 0.717) is 0 Å². The van der Waals surface area contributed by atoms with Crippen molar-refractivity contribution in [1.82, 2.24) is 24.6 Å². The molecular weight excluding hydrogens is 533 g/mol. The molecule has 0 aliphatic carbocycles. The molecule has 0 bridgehead atoms. The number of anilines is 1. The number of esters is 1. The summed E-state index contributed by atoms with van der Waals surface area (Å²) in [6, 6.07) is 9.03. The van der Waals surface area contributed by atoms with Gasteiger partial charge >= 0.3 is 13.7 Å². The third kappa shape index (κ3) is 6.27. The Labute approximate surface area is 222 Å². The first-order valence-electron chi connectivity index (χ1n) is 11.9. The fraction of sp³-hybridized carbons (Fsp3) is 0.435. The van der Waals surface area contributed by atoms with Crippen LogP contribution in [-0.2, 0) is 23.4 Å². The highest BCUT2D eigenvalue weighted by Crippen LogP contribution is 2.46. The van der Waals surface area contributed by atoms with E-state index in [1.54, 1.807) is 44.2 Å². The fourth-order valence-corrected chi connectivity index (χ4v) is 5.40. The predicted molar refractivity (Wildman–Crippen MR) is 136 cm³/mol. The molecule has 15 nitrogen and oxygen atoms in total. The molecule has 1 aliphatic heterocycles. The number of rotatable bonds is 10. The van der Waals surface area contributed by atoms with Gasteiger partial charge in [-0.1, -0.05) is 18.2 Å². The molecule has 1 saturated heterocycles. The molecule has 3 aromatic rings. The highest BCUT2D eigenvalue weighted by atomic mass is 31.2. The van der Waals surface area contributed by atoms with Crippen molar-refractivity contribution >= 4 is 30.8 Å². The number of nitriles is 1. The number of ether oxygens (including phenoxy) is 2. The van der Waals surface area contributed by atoms with Gasteiger partial charge in [0.1, 0.15) is 29.9 Å². The van der Waals surface area contributed by atoms with Crippen LogP contribution in [0.1, 0.15) is 27.0 Å². The minimum absolute atomic E-state index is 0.0362. The molecule has 6 atom stereocenters. The van der Waals surface area contributed by atoms with E-state index in [1.807, 2.05) is 6.07 Å². The number of hydrogen-bond acceptors (Lipinski definition) is 12. The standard InChI is InChI=1S/C23H28N7O8P/c1-12(2)36-22(33)13(3)29-39(34,38-14-7-5-4-6-8-14)35-10-16-18(31)15(9-24)21(37-16)30-11-26-17-19(30)27-23(25)28-20(17)32/h4-8,11-13,15-16,18,21,31H,10H2,1-3H3,(H,29,34)(H3,25,27,28,32)/t13-,15+,16+,18-,21+,39+/m0/s1. The van der Waals surface area contributed by atoms with E-state index in [-0.39, 0.29) is 22.9 Å². The minimum Gasteiger partial charge on any atom is -0.462 e. The molecule has 0 amide bonds. The molecule has 2 aromatic heterocycles. The first-order valence-corrected chi connectivity index (χ1v) is 13.5. The maximum Gasteiger partial charge on any atom is 0.459 e. The van der Waals surface area contributed by atoms with Crippen LogP contribution in [0.3, 0.4) is 0 Å². The quantitative estimate of drug-likeness (QED) is 0.202. The second-order valence-electron chi connectivity index (χ2n) is 9.02. The third-order valence-corrected chi connectivity index (χ3v) is 7.32. The fourth-order valence-electron chi connectivity index (χ4n) is 3.90. The molecule has 4 rings (SSSR count). The number of H-pyrrole nitrogens is 1. The lowest BCUT2D eigenvalue weighted by atomic mass is 10.0. The van der Waals surface area contributed by atoms with Crippen molar-refractivity contribution in [3.63, 3.8) is 0 Å². The van der Waals surface area contributed by atoms with Crippen LogP contribution in [0.25, 0.3) is 11.2 Å². The number of imidazole rings is 1. The summed E-state index contributed by atoms with van der Waals surface area (Å²) >= 11 is 0. The Balaban J connectivity index is 1.55.